The minimum atomic E-state index is -0.718. The van der Waals surface area contributed by atoms with Crippen molar-refractivity contribution in [3.63, 3.8) is 0 Å². The second-order valence-corrected chi connectivity index (χ2v) is 17.4. The van der Waals surface area contributed by atoms with Crippen LogP contribution in [-0.4, -0.2) is 46.0 Å². The Morgan fingerprint density at radius 3 is 1.21 bits per heavy atom. The van der Waals surface area contributed by atoms with Gasteiger partial charge in [-0.1, -0.05) is 54.6 Å². The summed E-state index contributed by atoms with van der Waals surface area (Å²) >= 11 is 0. The average molecular weight is 907 g/mol. The van der Waals surface area contributed by atoms with Crippen LogP contribution in [0.4, 0.5) is 0 Å². The summed E-state index contributed by atoms with van der Waals surface area (Å²) in [7, 11) is 0. The van der Waals surface area contributed by atoms with Gasteiger partial charge in [-0.25, -0.2) is 0 Å². The Kier molecular flexibility index (Phi) is 9.96. The van der Waals surface area contributed by atoms with Gasteiger partial charge in [0, 0.05) is 41.0 Å². The van der Waals surface area contributed by atoms with E-state index in [-0.39, 0.29) is 51.7 Å². The van der Waals surface area contributed by atoms with E-state index in [2.05, 4.69) is 0 Å². The van der Waals surface area contributed by atoms with Gasteiger partial charge in [0.15, 0.2) is 0 Å². The van der Waals surface area contributed by atoms with Crippen LogP contribution in [0.1, 0.15) is 97.3 Å². The van der Waals surface area contributed by atoms with Crippen LogP contribution in [0, 0.1) is 0 Å². The first-order valence-corrected chi connectivity index (χ1v) is 21.8. The largest absolute Gasteiger partial charge is 0.508 e. The van der Waals surface area contributed by atoms with Gasteiger partial charge < -0.3 is 60.2 Å². The van der Waals surface area contributed by atoms with Crippen molar-refractivity contribution in [3.05, 3.63) is 213 Å². The molecule has 0 radical (unpaired) electrons. The molecule has 8 aromatic carbocycles. The smallest absolute Gasteiger partial charge is 0.135 e. The van der Waals surface area contributed by atoms with Gasteiger partial charge in [-0.2, -0.15) is 0 Å². The fraction of sp³-hybridized carbons (Fsp3) is 0.107. The van der Waals surface area contributed by atoms with Gasteiger partial charge in [-0.05, 0) is 129 Å². The van der Waals surface area contributed by atoms with Gasteiger partial charge in [0.2, 0.25) is 0 Å². The highest BCUT2D eigenvalue weighted by Crippen LogP contribution is 2.59. The van der Waals surface area contributed by atoms with Crippen LogP contribution in [0.25, 0.3) is 12.2 Å². The predicted molar refractivity (Wildman–Crippen MR) is 251 cm³/mol. The number of rotatable bonds is 8. The van der Waals surface area contributed by atoms with E-state index in [1.807, 2.05) is 30.4 Å². The molecule has 9 N–H and O–H groups in total. The molecule has 11 rings (SSSR count). The molecule has 3 aliphatic rings. The highest BCUT2D eigenvalue weighted by molar-refractivity contribution is 5.76. The van der Waals surface area contributed by atoms with Gasteiger partial charge in [0.05, 0.1) is 17.8 Å². The van der Waals surface area contributed by atoms with Crippen molar-refractivity contribution in [1.82, 2.24) is 0 Å². The molecule has 8 aromatic rings. The lowest BCUT2D eigenvalue weighted by Crippen LogP contribution is -2.16. The molecule has 3 aliphatic heterocycles. The molecule has 3 heterocycles. The van der Waals surface area contributed by atoms with Gasteiger partial charge in [-0.3, -0.25) is 0 Å². The maximum Gasteiger partial charge on any atom is 0.135 e. The summed E-state index contributed by atoms with van der Waals surface area (Å²) in [6, 6.07) is 40.7. The summed E-state index contributed by atoms with van der Waals surface area (Å²) < 4.78 is 20.0. The van der Waals surface area contributed by atoms with Crippen LogP contribution >= 0.6 is 0 Å². The summed E-state index contributed by atoms with van der Waals surface area (Å²) in [6.45, 7) is 0. The molecule has 68 heavy (non-hydrogen) atoms. The Morgan fingerprint density at radius 1 is 0.294 bits per heavy atom. The lowest BCUT2D eigenvalue weighted by molar-refractivity contribution is 0.220. The number of fused-ring (bicyclic) bond motifs is 3. The van der Waals surface area contributed by atoms with Crippen LogP contribution in [0.5, 0.6) is 69.0 Å². The maximum atomic E-state index is 11.5. The third-order valence-electron chi connectivity index (χ3n) is 13.0. The Hall–Kier alpha value is -8.90. The van der Waals surface area contributed by atoms with E-state index in [4.69, 9.17) is 14.2 Å². The van der Waals surface area contributed by atoms with Gasteiger partial charge in [-0.15, -0.1) is 0 Å². The molecular weight excluding hydrogens is 865 g/mol. The second kappa shape index (κ2) is 16.2. The standard InChI is InChI=1S/C56H42O12/c57-35-10-4-29(5-11-35)54-50(33-19-38(60)23-39(61)20-33)49-32(18-42(64)26-47(49)67-54)3-1-28-2-16-46-44(17-28)52(56(66-46)31-8-14-37(59)15-9-31)45-25-43(65)27-48-53(45)51(34-21-40(62)24-41(63)22-34)55(68-48)30-6-12-36(58)13-7-30/h1-27,50-52,54-65H/b3-1-. The second-order valence-electron chi connectivity index (χ2n) is 17.4. The van der Waals surface area contributed by atoms with Crippen molar-refractivity contribution in [2.45, 2.75) is 36.1 Å². The predicted octanol–water partition coefficient (Wildman–Crippen LogP) is 11.0. The van der Waals surface area contributed by atoms with Gasteiger partial charge >= 0.3 is 0 Å². The van der Waals surface area contributed by atoms with E-state index in [1.54, 1.807) is 109 Å². The summed E-state index contributed by atoms with van der Waals surface area (Å²) in [6.07, 6.45) is 1.69. The van der Waals surface area contributed by atoms with Crippen molar-refractivity contribution in [3.8, 4) is 69.0 Å². The zero-order valence-corrected chi connectivity index (χ0v) is 35.8. The van der Waals surface area contributed by atoms with Crippen LogP contribution in [0.2, 0.25) is 0 Å². The molecular formula is C56H42O12. The Labute approximate surface area is 389 Å². The first-order valence-electron chi connectivity index (χ1n) is 21.8. The highest BCUT2D eigenvalue weighted by Gasteiger charge is 2.46. The summed E-state index contributed by atoms with van der Waals surface area (Å²) in [5.74, 6) is -0.981. The van der Waals surface area contributed by atoms with Gasteiger partial charge in [0.1, 0.15) is 87.3 Å². The lowest BCUT2D eigenvalue weighted by Gasteiger charge is -2.26. The first kappa shape index (κ1) is 41.8. The minimum absolute atomic E-state index is 0.0494. The van der Waals surface area contributed by atoms with E-state index in [0.29, 0.717) is 56.2 Å². The van der Waals surface area contributed by atoms with E-state index >= 15 is 0 Å². The Balaban J connectivity index is 1.05. The fourth-order valence-corrected chi connectivity index (χ4v) is 10.2. The number of hydrogen-bond donors (Lipinski definition) is 9. The molecule has 12 nitrogen and oxygen atoms in total. The van der Waals surface area contributed by atoms with Crippen LogP contribution in [0.15, 0.2) is 152 Å². The topological polar surface area (TPSA) is 210 Å². The SMILES string of the molecule is Oc1ccc(C2Oc3ccc(/C=C\c4cc(O)cc5c4C(c4cc(O)cc(O)c4)C(c4ccc(O)cc4)O5)cc3C2c2cc(O)cc3c2C(c2cc(O)cc(O)c2)C(c2ccc(O)cc2)O3)cc1. The molecule has 0 aliphatic carbocycles. The number of phenols is 9. The summed E-state index contributed by atoms with van der Waals surface area (Å²) in [5.41, 5.74) is 7.38. The molecule has 6 atom stereocenters. The highest BCUT2D eigenvalue weighted by atomic mass is 16.5. The Morgan fingerprint density at radius 2 is 0.706 bits per heavy atom. The monoisotopic (exact) mass is 906 g/mol. The fourth-order valence-electron chi connectivity index (χ4n) is 10.2. The van der Waals surface area contributed by atoms with Crippen molar-refractivity contribution in [2.24, 2.45) is 0 Å². The van der Waals surface area contributed by atoms with E-state index < -0.39 is 36.1 Å². The van der Waals surface area contributed by atoms with E-state index in [0.717, 1.165) is 22.3 Å². The van der Waals surface area contributed by atoms with Crippen LogP contribution < -0.4 is 14.2 Å². The third kappa shape index (κ3) is 7.47. The zero-order chi connectivity index (χ0) is 47.0. The molecule has 0 saturated heterocycles. The molecule has 0 aromatic heterocycles. The zero-order valence-electron chi connectivity index (χ0n) is 35.8. The maximum absolute atomic E-state index is 11.5. The van der Waals surface area contributed by atoms with Crippen molar-refractivity contribution >= 4 is 12.2 Å². The van der Waals surface area contributed by atoms with Gasteiger partial charge in [0.25, 0.3) is 0 Å². The number of ether oxygens (including phenoxy) is 3. The summed E-state index contributed by atoms with van der Waals surface area (Å²) in [5, 5.41) is 96.0. The Bertz CT molecular complexity index is 3250. The van der Waals surface area contributed by atoms with E-state index in [1.165, 1.54) is 24.3 Å². The van der Waals surface area contributed by atoms with Crippen molar-refractivity contribution in [2.75, 3.05) is 0 Å². The van der Waals surface area contributed by atoms with Crippen LogP contribution in [0.3, 0.4) is 0 Å². The van der Waals surface area contributed by atoms with Crippen molar-refractivity contribution < 1.29 is 60.2 Å². The van der Waals surface area contributed by atoms with Crippen molar-refractivity contribution in [1.29, 1.82) is 0 Å². The quantitative estimate of drug-likeness (QED) is 0.0652. The number of hydrogen-bond acceptors (Lipinski definition) is 12. The summed E-state index contributed by atoms with van der Waals surface area (Å²) in [4.78, 5) is 0. The number of benzene rings is 8. The lowest BCUT2D eigenvalue weighted by atomic mass is 9.76. The number of phenolic OH excluding ortho intramolecular Hbond substituents is 9. The van der Waals surface area contributed by atoms with Crippen LogP contribution in [-0.2, 0) is 0 Å². The molecule has 0 spiro atoms. The molecule has 0 saturated carbocycles. The molecule has 0 amide bonds. The first-order chi connectivity index (χ1) is 32.8. The number of aromatic hydroxyl groups is 9. The molecule has 338 valence electrons. The average Bonchev–Trinajstić information content (AvgIpc) is 4.00. The molecule has 0 bridgehead atoms. The molecule has 0 fully saturated rings. The van der Waals surface area contributed by atoms with E-state index in [9.17, 15) is 46.0 Å². The third-order valence-corrected chi connectivity index (χ3v) is 13.0. The normalized spacial score (nSPS) is 20.0. The molecule has 12 heteroatoms. The molecule has 6 unspecified atom stereocenters. The minimum Gasteiger partial charge on any atom is -0.508 e.